The molecule has 6 N–H and O–H groups in total. The highest BCUT2D eigenvalue weighted by Gasteiger charge is 2.45. The van der Waals surface area contributed by atoms with E-state index in [1.807, 2.05) is 38.1 Å². The largest absolute Gasteiger partial charge is 0.448 e. The van der Waals surface area contributed by atoms with E-state index in [1.54, 1.807) is 54.8 Å². The highest BCUT2D eigenvalue weighted by molar-refractivity contribution is 6.31. The van der Waals surface area contributed by atoms with Crippen LogP contribution in [0.15, 0.2) is 84.9 Å². The smallest absolute Gasteiger partial charge is 0.411 e. The number of carbonyl (C=O) groups excluding carboxylic acids is 7. The van der Waals surface area contributed by atoms with Gasteiger partial charge in [-0.15, -0.1) is 0 Å². The van der Waals surface area contributed by atoms with Crippen LogP contribution in [0.3, 0.4) is 0 Å². The fraction of sp³-hybridized carbons (Fsp3) is 0.436. The maximum Gasteiger partial charge on any atom is 0.411 e. The SMILES string of the molecule is CCc1ccc(N(C=O)OCC2(C(=O)NCc3ccc(F)cc3Cl)CCN(C(=O)CNC(=O)OC(C)(C)C)CC2)cc1.CCc1ccc(NC(=O)OCC2(C(=O)NCc3ccc(F)cc3Cl)CCN(C(=O)CN)CC2)cc1. The number of carbonyl (C=O) groups is 7. The van der Waals surface area contributed by atoms with Crippen molar-refractivity contribution < 1.29 is 56.7 Å². The molecular formula is C55H68Cl2F2N8O10. The third kappa shape index (κ3) is 18.1. The summed E-state index contributed by atoms with van der Waals surface area (Å²) in [6.45, 7) is 9.76. The number of piperidine rings is 2. The number of nitrogens with two attached hydrogens (primary N) is 1. The second-order valence-electron chi connectivity index (χ2n) is 19.7. The fourth-order valence-corrected chi connectivity index (χ4v) is 8.89. The molecule has 2 saturated heterocycles. The van der Waals surface area contributed by atoms with E-state index in [1.165, 1.54) is 36.4 Å². The van der Waals surface area contributed by atoms with Crippen molar-refractivity contribution in [1.82, 2.24) is 25.8 Å². The van der Waals surface area contributed by atoms with Gasteiger partial charge < -0.3 is 41.0 Å². The molecular weight excluding hydrogens is 1040 g/mol. The molecule has 0 saturated carbocycles. The number of hydrogen-bond acceptors (Lipinski definition) is 11. The van der Waals surface area contributed by atoms with Crippen LogP contribution in [0.2, 0.25) is 10.0 Å². The van der Waals surface area contributed by atoms with Crippen molar-refractivity contribution in [2.45, 2.75) is 91.8 Å². The minimum absolute atomic E-state index is 0.0536. The van der Waals surface area contributed by atoms with Crippen LogP contribution in [0.5, 0.6) is 0 Å². The van der Waals surface area contributed by atoms with E-state index >= 15 is 0 Å². The zero-order valence-electron chi connectivity index (χ0n) is 44.0. The molecule has 0 atom stereocenters. The van der Waals surface area contributed by atoms with Gasteiger partial charge in [-0.1, -0.05) is 73.4 Å². The lowest BCUT2D eigenvalue weighted by Gasteiger charge is -2.40. The molecule has 2 aliphatic heterocycles. The zero-order chi connectivity index (χ0) is 56.3. The molecule has 0 unspecified atom stereocenters. The Balaban J connectivity index is 0.000000289. The number of aryl methyl sites for hydroxylation is 2. The van der Waals surface area contributed by atoms with E-state index in [-0.39, 0.29) is 99.0 Å². The first-order valence-electron chi connectivity index (χ1n) is 25.3. The Kier molecular flexibility index (Phi) is 22.6. The summed E-state index contributed by atoms with van der Waals surface area (Å²) in [5.74, 6) is -2.17. The van der Waals surface area contributed by atoms with Gasteiger partial charge >= 0.3 is 12.2 Å². The van der Waals surface area contributed by atoms with E-state index < -0.39 is 40.3 Å². The Labute approximate surface area is 457 Å². The molecule has 2 heterocycles. The number of nitrogens with one attached hydrogen (secondary N) is 4. The standard InChI is InChI=1S/C30H38ClFN4O6.C25H30ClFN4O4/c1-5-21-6-10-24(11-7-21)36(20-37)41-19-30(27(39)33-17-22-8-9-23(32)16-25(22)31)12-14-35(15-13-30)26(38)18-34-28(40)42-29(2,3)4;1-2-17-3-7-20(8-4-17)30-24(34)35-16-25(9-11-31(12-10-25)22(32)14-28)23(33)29-15-18-5-6-19(27)13-21(18)26/h6-11,16,20H,5,12-15,17-19H2,1-4H3,(H,33,39)(H,34,40);3-8,13H,2,9-12,14-16,28H2,1H3,(H,29,33)(H,30,34). The van der Waals surface area contributed by atoms with E-state index in [0.717, 1.165) is 29.0 Å². The molecule has 77 heavy (non-hydrogen) atoms. The molecule has 4 aromatic carbocycles. The molecule has 22 heteroatoms. The highest BCUT2D eigenvalue weighted by atomic mass is 35.5. The Morgan fingerprint density at radius 1 is 0.675 bits per heavy atom. The highest BCUT2D eigenvalue weighted by Crippen LogP contribution is 2.35. The summed E-state index contributed by atoms with van der Waals surface area (Å²) in [5.41, 5.74) is 7.06. The lowest BCUT2D eigenvalue weighted by molar-refractivity contribution is -0.145. The summed E-state index contributed by atoms with van der Waals surface area (Å²) in [7, 11) is 0. The molecule has 416 valence electrons. The average molecular weight is 1110 g/mol. The zero-order valence-corrected chi connectivity index (χ0v) is 45.5. The number of alkyl carbamates (subject to hydrolysis) is 1. The van der Waals surface area contributed by atoms with E-state index in [4.69, 9.17) is 43.2 Å². The van der Waals surface area contributed by atoms with Gasteiger partial charge in [-0.25, -0.2) is 18.4 Å². The molecule has 18 nitrogen and oxygen atoms in total. The maximum absolute atomic E-state index is 13.6. The summed E-state index contributed by atoms with van der Waals surface area (Å²) in [6.07, 6.45) is 1.93. The Hall–Kier alpha value is -6.87. The molecule has 0 aromatic heterocycles. The van der Waals surface area contributed by atoms with E-state index in [9.17, 15) is 42.3 Å². The second-order valence-corrected chi connectivity index (χ2v) is 20.5. The number of rotatable bonds is 19. The van der Waals surface area contributed by atoms with Gasteiger partial charge in [0.15, 0.2) is 0 Å². The van der Waals surface area contributed by atoms with Crippen LogP contribution in [0.4, 0.5) is 29.7 Å². The maximum atomic E-state index is 13.6. The van der Waals surface area contributed by atoms with Gasteiger partial charge in [-0.3, -0.25) is 34.1 Å². The summed E-state index contributed by atoms with van der Waals surface area (Å²) in [5, 5.41) is 12.3. The minimum Gasteiger partial charge on any atom is -0.448 e. The number of likely N-dealkylation sites (tertiary alicyclic amines) is 2. The average Bonchev–Trinajstić information content (AvgIpc) is 3.41. The van der Waals surface area contributed by atoms with Crippen molar-refractivity contribution in [3.8, 4) is 0 Å². The molecule has 7 amide bonds. The number of hydrogen-bond donors (Lipinski definition) is 5. The van der Waals surface area contributed by atoms with Gasteiger partial charge in [0.25, 0.3) is 0 Å². The molecule has 0 spiro atoms. The monoisotopic (exact) mass is 1110 g/mol. The molecule has 0 bridgehead atoms. The molecule has 6 rings (SSSR count). The Morgan fingerprint density at radius 2 is 1.14 bits per heavy atom. The fourth-order valence-electron chi connectivity index (χ4n) is 8.42. The van der Waals surface area contributed by atoms with Crippen LogP contribution in [-0.2, 0) is 64.2 Å². The molecule has 4 aromatic rings. The number of halogens is 4. The number of benzene rings is 4. The summed E-state index contributed by atoms with van der Waals surface area (Å²) in [6, 6.07) is 22.6. The molecule has 0 aliphatic carbocycles. The van der Waals surface area contributed by atoms with Gasteiger partial charge in [-0.2, -0.15) is 5.06 Å². The number of ether oxygens (including phenoxy) is 2. The minimum atomic E-state index is -1.09. The predicted molar refractivity (Wildman–Crippen MR) is 287 cm³/mol. The number of amides is 7. The van der Waals surface area contributed by atoms with Crippen molar-refractivity contribution in [3.05, 3.63) is 129 Å². The first-order valence-corrected chi connectivity index (χ1v) is 26.0. The second kappa shape index (κ2) is 28.5. The van der Waals surface area contributed by atoms with Crippen molar-refractivity contribution in [2.75, 3.05) is 62.9 Å². The first-order chi connectivity index (χ1) is 36.6. The first kappa shape index (κ1) is 61.0. The van der Waals surface area contributed by atoms with Crippen LogP contribution in [0, 0.1) is 22.5 Å². The normalized spacial score (nSPS) is 14.7. The third-order valence-corrected chi connectivity index (χ3v) is 13.9. The topological polar surface area (TPSA) is 231 Å². The van der Waals surface area contributed by atoms with Crippen LogP contribution in [-0.4, -0.2) is 110 Å². The number of nitrogens with zero attached hydrogens (tertiary/aromatic N) is 3. The van der Waals surface area contributed by atoms with Gasteiger partial charge in [-0.05, 0) is 130 Å². The van der Waals surface area contributed by atoms with Crippen LogP contribution >= 0.6 is 23.2 Å². The number of anilines is 2. The van der Waals surface area contributed by atoms with Gasteiger partial charge in [0, 0.05) is 55.0 Å². The van der Waals surface area contributed by atoms with Crippen molar-refractivity contribution in [3.63, 3.8) is 0 Å². The van der Waals surface area contributed by atoms with Gasteiger partial charge in [0.2, 0.25) is 30.0 Å². The molecule has 2 fully saturated rings. The number of hydroxylamine groups is 1. The van der Waals surface area contributed by atoms with Gasteiger partial charge in [0.05, 0.1) is 29.7 Å². The predicted octanol–water partition coefficient (Wildman–Crippen LogP) is 7.86. The van der Waals surface area contributed by atoms with Crippen LogP contribution < -0.4 is 32.1 Å². The van der Waals surface area contributed by atoms with Gasteiger partial charge in [0.1, 0.15) is 30.4 Å². The van der Waals surface area contributed by atoms with Crippen LogP contribution in [0.1, 0.15) is 82.6 Å². The quantitative estimate of drug-likeness (QED) is 0.0448. The Bertz CT molecular complexity index is 2680. The van der Waals surface area contributed by atoms with E-state index in [0.29, 0.717) is 54.8 Å². The third-order valence-electron chi connectivity index (χ3n) is 13.2. The van der Waals surface area contributed by atoms with Crippen molar-refractivity contribution in [2.24, 2.45) is 16.6 Å². The summed E-state index contributed by atoms with van der Waals surface area (Å²) >= 11 is 12.2. The summed E-state index contributed by atoms with van der Waals surface area (Å²) < 4.78 is 37.5. The van der Waals surface area contributed by atoms with Crippen molar-refractivity contribution >= 4 is 76.8 Å². The molecule has 0 radical (unpaired) electrons. The van der Waals surface area contributed by atoms with Crippen molar-refractivity contribution in [1.29, 1.82) is 0 Å². The van der Waals surface area contributed by atoms with Crippen LogP contribution in [0.25, 0.3) is 0 Å². The lowest BCUT2D eigenvalue weighted by atomic mass is 9.78. The molecule has 2 aliphatic rings. The van der Waals surface area contributed by atoms with E-state index in [2.05, 4.69) is 21.3 Å². The summed E-state index contributed by atoms with van der Waals surface area (Å²) in [4.78, 5) is 97.1. The Morgan fingerprint density at radius 3 is 1.58 bits per heavy atom. The lowest BCUT2D eigenvalue weighted by Crippen LogP contribution is -2.54.